The van der Waals surface area contributed by atoms with Crippen LogP contribution in [0.5, 0.6) is 5.75 Å². The van der Waals surface area contributed by atoms with Crippen LogP contribution in [0.4, 0.5) is 5.69 Å². The monoisotopic (exact) mass is 283 g/mol. The van der Waals surface area contributed by atoms with Crippen LogP contribution in [0.2, 0.25) is 0 Å². The van der Waals surface area contributed by atoms with E-state index >= 15 is 0 Å². The van der Waals surface area contributed by atoms with E-state index in [1.165, 1.54) is 0 Å². The number of hydrogen-bond donors (Lipinski definition) is 2. The minimum Gasteiger partial charge on any atom is -0.497 e. The highest BCUT2D eigenvalue weighted by molar-refractivity contribution is 5.81. The summed E-state index contributed by atoms with van der Waals surface area (Å²) in [4.78, 5) is 11.9. The van der Waals surface area contributed by atoms with Crippen molar-refractivity contribution in [2.24, 2.45) is 0 Å². The number of fused-ring (bicyclic) bond motifs is 4. The maximum absolute atomic E-state index is 11.9. The van der Waals surface area contributed by atoms with Crippen molar-refractivity contribution in [2.45, 2.75) is 18.4 Å². The van der Waals surface area contributed by atoms with E-state index in [1.807, 2.05) is 24.3 Å². The number of carbonyl (C=O) groups is 1. The minimum absolute atomic E-state index is 0.0906. The SMILES string of the molecule is COc1ccc2c(c1)NC1(CCNC(=O)C1)c1cccn1-2. The van der Waals surface area contributed by atoms with E-state index in [2.05, 4.69) is 27.5 Å². The Kier molecular flexibility index (Phi) is 2.51. The van der Waals surface area contributed by atoms with Crippen LogP contribution >= 0.6 is 0 Å². The van der Waals surface area contributed by atoms with E-state index in [0.717, 1.165) is 29.2 Å². The highest BCUT2D eigenvalue weighted by Crippen LogP contribution is 2.43. The number of nitrogens with zero attached hydrogens (tertiary/aromatic N) is 1. The topological polar surface area (TPSA) is 55.3 Å². The zero-order valence-electron chi connectivity index (χ0n) is 11.8. The molecule has 0 saturated carbocycles. The fraction of sp³-hybridized carbons (Fsp3) is 0.312. The molecule has 21 heavy (non-hydrogen) atoms. The van der Waals surface area contributed by atoms with Crippen LogP contribution in [-0.2, 0) is 10.3 Å². The minimum atomic E-state index is -0.328. The molecule has 2 aliphatic rings. The van der Waals surface area contributed by atoms with E-state index in [9.17, 15) is 4.79 Å². The van der Waals surface area contributed by atoms with Crippen molar-refractivity contribution in [3.63, 3.8) is 0 Å². The molecule has 0 radical (unpaired) electrons. The largest absolute Gasteiger partial charge is 0.497 e. The number of rotatable bonds is 1. The van der Waals surface area contributed by atoms with Gasteiger partial charge in [-0.25, -0.2) is 0 Å². The quantitative estimate of drug-likeness (QED) is 0.842. The standard InChI is InChI=1S/C16H17N3O2/c1-21-11-4-5-13-12(9-11)18-16(6-7-17-15(20)10-16)14-3-2-8-19(13)14/h2-5,8-9,18H,6-7,10H2,1H3,(H,17,20). The molecule has 4 rings (SSSR count). The summed E-state index contributed by atoms with van der Waals surface area (Å²) in [6, 6.07) is 10.1. The molecule has 2 N–H and O–H groups in total. The number of piperidine rings is 1. The molecule has 108 valence electrons. The number of methoxy groups -OCH3 is 1. The van der Waals surface area contributed by atoms with Crippen molar-refractivity contribution in [3.8, 4) is 11.4 Å². The first-order valence-electron chi connectivity index (χ1n) is 7.13. The third kappa shape index (κ3) is 1.73. The molecule has 5 heteroatoms. The average molecular weight is 283 g/mol. The van der Waals surface area contributed by atoms with Gasteiger partial charge in [-0.15, -0.1) is 0 Å². The lowest BCUT2D eigenvalue weighted by Gasteiger charge is -2.43. The number of benzene rings is 1. The summed E-state index contributed by atoms with van der Waals surface area (Å²) in [7, 11) is 1.66. The summed E-state index contributed by atoms with van der Waals surface area (Å²) in [5, 5.41) is 6.51. The summed E-state index contributed by atoms with van der Waals surface area (Å²) in [5.41, 5.74) is 2.92. The highest BCUT2D eigenvalue weighted by atomic mass is 16.5. The number of amides is 1. The normalized spacial score (nSPS) is 23.0. The Balaban J connectivity index is 1.89. The van der Waals surface area contributed by atoms with E-state index in [1.54, 1.807) is 7.11 Å². The van der Waals surface area contributed by atoms with Gasteiger partial charge in [-0.3, -0.25) is 4.79 Å². The summed E-state index contributed by atoms with van der Waals surface area (Å²) < 4.78 is 7.49. The van der Waals surface area contributed by atoms with Crippen LogP contribution in [0.3, 0.4) is 0 Å². The van der Waals surface area contributed by atoms with E-state index < -0.39 is 0 Å². The summed E-state index contributed by atoms with van der Waals surface area (Å²) in [5.74, 6) is 0.903. The molecule has 3 heterocycles. The lowest BCUT2D eigenvalue weighted by Crippen LogP contribution is -2.50. The number of aromatic nitrogens is 1. The van der Waals surface area contributed by atoms with Gasteiger partial charge in [0.2, 0.25) is 5.91 Å². The highest BCUT2D eigenvalue weighted by Gasteiger charge is 2.42. The van der Waals surface area contributed by atoms with Crippen LogP contribution in [0.15, 0.2) is 36.5 Å². The van der Waals surface area contributed by atoms with Crippen LogP contribution < -0.4 is 15.4 Å². The van der Waals surface area contributed by atoms with E-state index in [4.69, 9.17) is 4.74 Å². The van der Waals surface area contributed by atoms with Gasteiger partial charge >= 0.3 is 0 Å². The smallest absolute Gasteiger partial charge is 0.222 e. The molecule has 1 aromatic heterocycles. The second-order valence-electron chi connectivity index (χ2n) is 5.63. The number of ether oxygens (including phenoxy) is 1. The van der Waals surface area contributed by atoms with Crippen molar-refractivity contribution in [1.29, 1.82) is 0 Å². The second-order valence-corrected chi connectivity index (χ2v) is 5.63. The maximum Gasteiger partial charge on any atom is 0.222 e. The Bertz CT molecular complexity index is 722. The second kappa shape index (κ2) is 4.28. The Morgan fingerprint density at radius 2 is 2.24 bits per heavy atom. The summed E-state index contributed by atoms with van der Waals surface area (Å²) in [6.07, 6.45) is 3.38. The molecular formula is C16H17N3O2. The first-order valence-corrected chi connectivity index (χ1v) is 7.13. The Hall–Kier alpha value is -2.43. The van der Waals surface area contributed by atoms with Gasteiger partial charge in [0.05, 0.1) is 30.4 Å². The van der Waals surface area contributed by atoms with Gasteiger partial charge in [-0.1, -0.05) is 0 Å². The fourth-order valence-electron chi connectivity index (χ4n) is 3.42. The first kappa shape index (κ1) is 12.3. The summed E-state index contributed by atoms with van der Waals surface area (Å²) in [6.45, 7) is 0.691. The zero-order valence-corrected chi connectivity index (χ0v) is 11.8. The first-order chi connectivity index (χ1) is 10.2. The lowest BCUT2D eigenvalue weighted by molar-refractivity contribution is -0.123. The van der Waals surface area contributed by atoms with Crippen molar-refractivity contribution >= 4 is 11.6 Å². The van der Waals surface area contributed by atoms with Crippen LogP contribution in [-0.4, -0.2) is 24.1 Å². The van der Waals surface area contributed by atoms with Gasteiger partial charge in [0.1, 0.15) is 5.75 Å². The van der Waals surface area contributed by atoms with Gasteiger partial charge in [-0.05, 0) is 30.7 Å². The van der Waals surface area contributed by atoms with E-state index in [-0.39, 0.29) is 11.4 Å². The molecule has 5 nitrogen and oxygen atoms in total. The van der Waals surface area contributed by atoms with Crippen LogP contribution in [0, 0.1) is 0 Å². The number of nitrogens with one attached hydrogen (secondary N) is 2. The Morgan fingerprint density at radius 1 is 1.33 bits per heavy atom. The van der Waals surface area contributed by atoms with Crippen molar-refractivity contribution in [1.82, 2.24) is 9.88 Å². The Labute approximate surface area is 122 Å². The van der Waals surface area contributed by atoms with Gasteiger partial charge in [0.25, 0.3) is 0 Å². The molecule has 1 fully saturated rings. The van der Waals surface area contributed by atoms with Gasteiger partial charge < -0.3 is 19.9 Å². The molecule has 1 aromatic carbocycles. The third-order valence-electron chi connectivity index (χ3n) is 4.41. The predicted molar refractivity (Wildman–Crippen MR) is 79.9 cm³/mol. The predicted octanol–water partition coefficient (Wildman–Crippen LogP) is 2.02. The van der Waals surface area contributed by atoms with Crippen LogP contribution in [0.1, 0.15) is 18.5 Å². The van der Waals surface area contributed by atoms with Gasteiger partial charge in [0, 0.05) is 24.5 Å². The molecule has 0 aliphatic carbocycles. The number of hydrogen-bond acceptors (Lipinski definition) is 3. The molecule has 2 aromatic rings. The fourth-order valence-corrected chi connectivity index (χ4v) is 3.42. The number of carbonyl (C=O) groups excluding carboxylic acids is 1. The van der Waals surface area contributed by atoms with Gasteiger partial charge in [-0.2, -0.15) is 0 Å². The van der Waals surface area contributed by atoms with Crippen molar-refractivity contribution < 1.29 is 9.53 Å². The molecule has 2 aliphatic heterocycles. The molecule has 1 amide bonds. The Morgan fingerprint density at radius 3 is 3.05 bits per heavy atom. The lowest BCUT2D eigenvalue weighted by atomic mass is 9.82. The van der Waals surface area contributed by atoms with Crippen molar-refractivity contribution in [2.75, 3.05) is 19.0 Å². The molecular weight excluding hydrogens is 266 g/mol. The molecule has 1 spiro atoms. The molecule has 1 unspecified atom stereocenters. The molecule has 1 atom stereocenters. The number of anilines is 1. The average Bonchev–Trinajstić information content (AvgIpc) is 2.97. The zero-order chi connectivity index (χ0) is 14.4. The van der Waals surface area contributed by atoms with Gasteiger partial charge in [0.15, 0.2) is 0 Å². The third-order valence-corrected chi connectivity index (χ3v) is 4.41. The van der Waals surface area contributed by atoms with Crippen molar-refractivity contribution in [3.05, 3.63) is 42.2 Å². The summed E-state index contributed by atoms with van der Waals surface area (Å²) >= 11 is 0. The van der Waals surface area contributed by atoms with Crippen LogP contribution in [0.25, 0.3) is 5.69 Å². The molecule has 1 saturated heterocycles. The molecule has 0 bridgehead atoms. The maximum atomic E-state index is 11.9. The van der Waals surface area contributed by atoms with E-state index in [0.29, 0.717) is 13.0 Å².